The van der Waals surface area contributed by atoms with E-state index in [-0.39, 0.29) is 0 Å². The van der Waals surface area contributed by atoms with Crippen molar-refractivity contribution in [3.63, 3.8) is 0 Å². The highest BCUT2D eigenvalue weighted by molar-refractivity contribution is 7.99. The van der Waals surface area contributed by atoms with Gasteiger partial charge in [-0.15, -0.1) is 11.8 Å². The van der Waals surface area contributed by atoms with E-state index < -0.39 is 0 Å². The van der Waals surface area contributed by atoms with Crippen LogP contribution in [-0.2, 0) is 0 Å². The summed E-state index contributed by atoms with van der Waals surface area (Å²) in [5, 5.41) is 0. The van der Waals surface area contributed by atoms with E-state index in [1.165, 1.54) is 42.8 Å². The van der Waals surface area contributed by atoms with E-state index in [0.29, 0.717) is 0 Å². The molecule has 0 N–H and O–H groups in total. The second-order valence-corrected chi connectivity index (χ2v) is 5.20. The molecule has 1 aromatic rings. The van der Waals surface area contributed by atoms with Crippen LogP contribution < -0.4 is 0 Å². The Kier molecular flexibility index (Phi) is 4.09. The van der Waals surface area contributed by atoms with E-state index in [4.69, 9.17) is 0 Å². The van der Waals surface area contributed by atoms with Gasteiger partial charge in [-0.2, -0.15) is 0 Å². The first-order chi connectivity index (χ1) is 7.36. The first-order valence-electron chi connectivity index (χ1n) is 5.77. The molecule has 1 fully saturated rings. The molecule has 0 spiro atoms. The summed E-state index contributed by atoms with van der Waals surface area (Å²) in [6.07, 6.45) is 4.19. The number of nitrogens with zero attached hydrogens (tertiary/aromatic N) is 1. The lowest BCUT2D eigenvalue weighted by atomic mass is 10.1. The Morgan fingerprint density at radius 1 is 1.13 bits per heavy atom. The van der Waals surface area contributed by atoms with Crippen molar-refractivity contribution in [2.45, 2.75) is 31.1 Å². The molecule has 2 rings (SSSR count). The summed E-state index contributed by atoms with van der Waals surface area (Å²) in [6, 6.07) is 8.66. The molecular weight excluding hydrogens is 202 g/mol. The third-order valence-electron chi connectivity index (χ3n) is 2.94. The van der Waals surface area contributed by atoms with Crippen molar-refractivity contribution < 1.29 is 0 Å². The van der Waals surface area contributed by atoms with Gasteiger partial charge in [0.25, 0.3) is 0 Å². The van der Waals surface area contributed by atoms with Gasteiger partial charge in [0.05, 0.1) is 0 Å². The van der Waals surface area contributed by atoms with E-state index in [1.807, 2.05) is 11.8 Å². The third-order valence-corrected chi connectivity index (χ3v) is 4.21. The molecule has 0 aliphatic carbocycles. The Balaban J connectivity index is 1.84. The van der Waals surface area contributed by atoms with Crippen molar-refractivity contribution >= 4 is 11.8 Å². The van der Waals surface area contributed by atoms with Gasteiger partial charge in [-0.05, 0) is 44.5 Å². The van der Waals surface area contributed by atoms with E-state index in [9.17, 15) is 0 Å². The van der Waals surface area contributed by atoms with E-state index >= 15 is 0 Å². The largest absolute Gasteiger partial charge is 0.294 e. The zero-order valence-corrected chi connectivity index (χ0v) is 10.2. The van der Waals surface area contributed by atoms with Crippen LogP contribution in [0.15, 0.2) is 29.2 Å². The van der Waals surface area contributed by atoms with E-state index in [1.54, 1.807) is 0 Å². The molecule has 0 amide bonds. The normalized spacial score (nSPS) is 17.9. The Hall–Kier alpha value is -0.470. The van der Waals surface area contributed by atoms with Crippen molar-refractivity contribution in [2.75, 3.05) is 19.0 Å². The number of benzene rings is 1. The molecule has 0 aromatic heterocycles. The molecule has 0 radical (unpaired) electrons. The van der Waals surface area contributed by atoms with E-state index in [2.05, 4.69) is 36.1 Å². The molecule has 1 nitrogen and oxygen atoms in total. The molecule has 15 heavy (non-hydrogen) atoms. The van der Waals surface area contributed by atoms with Crippen LogP contribution >= 0.6 is 11.8 Å². The van der Waals surface area contributed by atoms with E-state index in [0.717, 1.165) is 5.88 Å². The molecule has 1 aromatic carbocycles. The van der Waals surface area contributed by atoms with Gasteiger partial charge in [0.1, 0.15) is 0 Å². The van der Waals surface area contributed by atoms with Crippen molar-refractivity contribution in [3.05, 3.63) is 29.8 Å². The van der Waals surface area contributed by atoms with Gasteiger partial charge in [-0.25, -0.2) is 0 Å². The maximum Gasteiger partial charge on any atom is 0.0491 e. The number of thioether (sulfide) groups is 1. The second kappa shape index (κ2) is 5.57. The minimum Gasteiger partial charge on any atom is -0.294 e. The SMILES string of the molecule is Cc1ccccc1SCN1CCCCC1. The lowest BCUT2D eigenvalue weighted by Gasteiger charge is -2.26. The molecule has 0 saturated carbocycles. The molecule has 2 heteroatoms. The fourth-order valence-electron chi connectivity index (χ4n) is 1.97. The molecular formula is C13H19NS. The number of hydrogen-bond donors (Lipinski definition) is 0. The van der Waals surface area contributed by atoms with Crippen LogP contribution in [0.4, 0.5) is 0 Å². The summed E-state index contributed by atoms with van der Waals surface area (Å²) >= 11 is 1.98. The molecule has 0 atom stereocenters. The van der Waals surface area contributed by atoms with Gasteiger partial charge in [-0.3, -0.25) is 4.90 Å². The monoisotopic (exact) mass is 221 g/mol. The van der Waals surface area contributed by atoms with Gasteiger partial charge < -0.3 is 0 Å². The Morgan fingerprint density at radius 3 is 2.60 bits per heavy atom. The lowest BCUT2D eigenvalue weighted by Crippen LogP contribution is -2.29. The fourth-order valence-corrected chi connectivity index (χ4v) is 3.02. The molecule has 1 aliphatic heterocycles. The highest BCUT2D eigenvalue weighted by Crippen LogP contribution is 2.23. The summed E-state index contributed by atoms with van der Waals surface area (Å²) < 4.78 is 0. The summed E-state index contributed by atoms with van der Waals surface area (Å²) in [4.78, 5) is 4.00. The van der Waals surface area contributed by atoms with Crippen LogP contribution in [0.2, 0.25) is 0 Å². The first kappa shape index (κ1) is 11.0. The van der Waals surface area contributed by atoms with Crippen molar-refractivity contribution in [1.82, 2.24) is 4.90 Å². The first-order valence-corrected chi connectivity index (χ1v) is 6.75. The lowest BCUT2D eigenvalue weighted by molar-refractivity contribution is 0.266. The van der Waals surface area contributed by atoms with Crippen LogP contribution in [0.25, 0.3) is 0 Å². The summed E-state index contributed by atoms with van der Waals surface area (Å²) in [7, 11) is 0. The number of piperidine rings is 1. The minimum atomic E-state index is 1.16. The van der Waals surface area contributed by atoms with Gasteiger partial charge in [0, 0.05) is 10.8 Å². The number of hydrogen-bond acceptors (Lipinski definition) is 2. The summed E-state index contributed by atoms with van der Waals surface area (Å²) in [6.45, 7) is 4.77. The molecule has 1 saturated heterocycles. The minimum absolute atomic E-state index is 1.16. The average Bonchev–Trinajstić information content (AvgIpc) is 2.29. The van der Waals surface area contributed by atoms with Gasteiger partial charge >= 0.3 is 0 Å². The molecule has 0 unspecified atom stereocenters. The van der Waals surface area contributed by atoms with Gasteiger partial charge in [0.15, 0.2) is 0 Å². The van der Waals surface area contributed by atoms with Crippen LogP contribution in [0, 0.1) is 6.92 Å². The summed E-state index contributed by atoms with van der Waals surface area (Å²) in [5.41, 5.74) is 1.40. The van der Waals surface area contributed by atoms with Crippen molar-refractivity contribution in [1.29, 1.82) is 0 Å². The predicted molar refractivity (Wildman–Crippen MR) is 67.3 cm³/mol. The molecule has 82 valence electrons. The number of rotatable bonds is 3. The molecule has 1 aliphatic rings. The average molecular weight is 221 g/mol. The topological polar surface area (TPSA) is 3.24 Å². The smallest absolute Gasteiger partial charge is 0.0491 e. The summed E-state index contributed by atoms with van der Waals surface area (Å²) in [5.74, 6) is 1.16. The van der Waals surface area contributed by atoms with Gasteiger partial charge in [-0.1, -0.05) is 24.6 Å². The second-order valence-electron chi connectivity index (χ2n) is 4.22. The van der Waals surface area contributed by atoms with Crippen LogP contribution in [0.1, 0.15) is 24.8 Å². The Morgan fingerprint density at radius 2 is 1.87 bits per heavy atom. The van der Waals surface area contributed by atoms with Gasteiger partial charge in [0.2, 0.25) is 0 Å². The highest BCUT2D eigenvalue weighted by Gasteiger charge is 2.10. The standard InChI is InChI=1S/C13H19NS/c1-12-7-3-4-8-13(12)15-11-14-9-5-2-6-10-14/h3-4,7-8H,2,5-6,9-11H2,1H3. The fraction of sp³-hybridized carbons (Fsp3) is 0.538. The molecule has 0 bridgehead atoms. The number of likely N-dealkylation sites (tertiary alicyclic amines) is 1. The highest BCUT2D eigenvalue weighted by atomic mass is 32.2. The zero-order valence-electron chi connectivity index (χ0n) is 9.41. The quantitative estimate of drug-likeness (QED) is 0.718. The van der Waals surface area contributed by atoms with Crippen molar-refractivity contribution in [2.24, 2.45) is 0 Å². The van der Waals surface area contributed by atoms with Crippen LogP contribution in [0.5, 0.6) is 0 Å². The van der Waals surface area contributed by atoms with Crippen molar-refractivity contribution in [3.8, 4) is 0 Å². The third kappa shape index (κ3) is 3.25. The zero-order chi connectivity index (χ0) is 10.5. The maximum absolute atomic E-state index is 2.57. The van der Waals surface area contributed by atoms with Crippen LogP contribution in [-0.4, -0.2) is 23.9 Å². The van der Waals surface area contributed by atoms with Crippen LogP contribution in [0.3, 0.4) is 0 Å². The Labute approximate surface area is 96.9 Å². The molecule has 1 heterocycles. The number of aryl methyl sites for hydroxylation is 1. The Bertz CT molecular complexity index is 305. The maximum atomic E-state index is 2.57. The predicted octanol–water partition coefficient (Wildman–Crippen LogP) is 3.53.